The molecule has 1 aliphatic heterocycles. The summed E-state index contributed by atoms with van der Waals surface area (Å²) in [5.74, 6) is 0.572. The number of hydrogen-bond acceptors (Lipinski definition) is 8. The molecule has 15 heteroatoms. The van der Waals surface area contributed by atoms with Gasteiger partial charge in [0.25, 0.3) is 0 Å². The quantitative estimate of drug-likeness (QED) is 0.138. The molecule has 5 N–H and O–H groups in total. The van der Waals surface area contributed by atoms with Crippen LogP contribution in [0.15, 0.2) is 47.5 Å². The van der Waals surface area contributed by atoms with Crippen molar-refractivity contribution < 1.29 is 17.9 Å². The normalized spacial score (nSPS) is 19.5. The number of halogens is 2. The SMILES string of the molecule is CCCCNC(=O)NCc1cn(CCCCCCNS(=O)(=O)c2ccc(O[C@H]3c4cc(Cl)cc(Cl)c4C[C@@H]3N3CCC[C@@H](N)C3)cc2)nn1. The number of ether oxygens (including phenoxy) is 1. The number of piperidine rings is 1. The van der Waals surface area contributed by atoms with Gasteiger partial charge in [-0.25, -0.2) is 17.9 Å². The molecule has 49 heavy (non-hydrogen) atoms. The van der Waals surface area contributed by atoms with Crippen molar-refractivity contribution in [3.8, 4) is 5.75 Å². The number of urea groups is 1. The summed E-state index contributed by atoms with van der Waals surface area (Å²) in [5, 5.41) is 15.0. The van der Waals surface area contributed by atoms with Gasteiger partial charge in [-0.15, -0.1) is 5.10 Å². The Balaban J connectivity index is 1.05. The largest absolute Gasteiger partial charge is 0.484 e. The summed E-state index contributed by atoms with van der Waals surface area (Å²) in [6.07, 6.45) is 9.65. The van der Waals surface area contributed by atoms with Gasteiger partial charge in [0.1, 0.15) is 17.5 Å². The maximum absolute atomic E-state index is 13.0. The molecule has 0 spiro atoms. The number of carbonyl (C=O) groups excluding carboxylic acids is 1. The van der Waals surface area contributed by atoms with E-state index in [-0.39, 0.29) is 29.1 Å². The summed E-state index contributed by atoms with van der Waals surface area (Å²) in [7, 11) is -3.67. The minimum absolute atomic E-state index is 0.0491. The smallest absolute Gasteiger partial charge is 0.315 e. The van der Waals surface area contributed by atoms with Crippen molar-refractivity contribution in [1.29, 1.82) is 0 Å². The highest BCUT2D eigenvalue weighted by molar-refractivity contribution is 7.89. The van der Waals surface area contributed by atoms with Crippen LogP contribution >= 0.6 is 23.2 Å². The van der Waals surface area contributed by atoms with E-state index in [0.29, 0.717) is 54.1 Å². The molecule has 3 atom stereocenters. The Morgan fingerprint density at radius 3 is 2.63 bits per heavy atom. The highest BCUT2D eigenvalue weighted by Crippen LogP contribution is 2.43. The molecular weight excluding hydrogens is 687 g/mol. The molecule has 2 aromatic carbocycles. The van der Waals surface area contributed by atoms with Gasteiger partial charge >= 0.3 is 6.03 Å². The van der Waals surface area contributed by atoms with E-state index in [2.05, 4.69) is 37.5 Å². The molecule has 0 bridgehead atoms. The second kappa shape index (κ2) is 17.8. The highest BCUT2D eigenvalue weighted by atomic mass is 35.5. The fraction of sp³-hybridized carbons (Fsp3) is 0.559. The van der Waals surface area contributed by atoms with Gasteiger partial charge in [-0.3, -0.25) is 9.58 Å². The van der Waals surface area contributed by atoms with Gasteiger partial charge in [0.2, 0.25) is 10.0 Å². The summed E-state index contributed by atoms with van der Waals surface area (Å²) in [4.78, 5) is 14.4. The molecule has 2 aliphatic rings. The number of sulfonamides is 1. The van der Waals surface area contributed by atoms with Crippen LogP contribution in [0.3, 0.4) is 0 Å². The number of aryl methyl sites for hydroxylation is 1. The number of rotatable bonds is 17. The summed E-state index contributed by atoms with van der Waals surface area (Å²) in [5.41, 5.74) is 9.01. The zero-order valence-electron chi connectivity index (χ0n) is 28.0. The first-order valence-corrected chi connectivity index (χ1v) is 19.5. The van der Waals surface area contributed by atoms with Crippen LogP contribution in [-0.4, -0.2) is 72.6 Å². The van der Waals surface area contributed by atoms with Crippen molar-refractivity contribution in [2.24, 2.45) is 5.73 Å². The van der Waals surface area contributed by atoms with Crippen LogP contribution in [0.4, 0.5) is 4.79 Å². The Hall–Kier alpha value is -2.94. The monoisotopic (exact) mass is 734 g/mol. The van der Waals surface area contributed by atoms with E-state index in [4.69, 9.17) is 33.7 Å². The Kier molecular flexibility index (Phi) is 13.6. The number of nitrogens with zero attached hydrogens (tertiary/aromatic N) is 4. The van der Waals surface area contributed by atoms with Crippen molar-refractivity contribution in [3.05, 3.63) is 69.5 Å². The first-order chi connectivity index (χ1) is 23.6. The summed E-state index contributed by atoms with van der Waals surface area (Å²) in [6.45, 7) is 5.82. The molecule has 268 valence electrons. The molecule has 1 fully saturated rings. The van der Waals surface area contributed by atoms with E-state index in [0.717, 1.165) is 75.6 Å². The van der Waals surface area contributed by atoms with Gasteiger partial charge in [-0.05, 0) is 87.0 Å². The molecule has 5 rings (SSSR count). The van der Waals surface area contributed by atoms with Crippen LogP contribution in [0.2, 0.25) is 10.0 Å². The number of carbonyl (C=O) groups is 1. The van der Waals surface area contributed by atoms with E-state index in [9.17, 15) is 13.2 Å². The third-order valence-electron chi connectivity index (χ3n) is 9.06. The lowest BCUT2D eigenvalue weighted by Gasteiger charge is -2.38. The van der Waals surface area contributed by atoms with Crippen molar-refractivity contribution >= 4 is 39.3 Å². The van der Waals surface area contributed by atoms with Gasteiger partial charge in [0, 0.05) is 47.8 Å². The Bertz CT molecular complexity index is 1640. The molecule has 1 aliphatic carbocycles. The van der Waals surface area contributed by atoms with Crippen LogP contribution in [0.1, 0.15) is 81.2 Å². The number of nitrogens with two attached hydrogens (primary N) is 1. The second-order valence-corrected chi connectivity index (χ2v) is 15.5. The molecule has 3 aromatic rings. The van der Waals surface area contributed by atoms with E-state index >= 15 is 0 Å². The minimum atomic E-state index is -3.67. The molecule has 0 saturated carbocycles. The lowest BCUT2D eigenvalue weighted by molar-refractivity contribution is 0.0593. The van der Waals surface area contributed by atoms with Gasteiger partial charge in [-0.2, -0.15) is 0 Å². The first kappa shape index (κ1) is 37.3. The van der Waals surface area contributed by atoms with Crippen LogP contribution in [-0.2, 0) is 29.5 Å². The zero-order chi connectivity index (χ0) is 34.8. The van der Waals surface area contributed by atoms with Crippen molar-refractivity contribution in [1.82, 2.24) is 35.2 Å². The first-order valence-electron chi connectivity index (χ1n) is 17.3. The van der Waals surface area contributed by atoms with Gasteiger partial charge in [0.05, 0.1) is 23.7 Å². The van der Waals surface area contributed by atoms with Crippen LogP contribution in [0.5, 0.6) is 5.75 Å². The number of hydrogen-bond donors (Lipinski definition) is 4. The van der Waals surface area contributed by atoms with Crippen LogP contribution < -0.4 is 25.8 Å². The number of nitrogens with one attached hydrogen (secondary N) is 3. The van der Waals surface area contributed by atoms with Crippen molar-refractivity contribution in [3.63, 3.8) is 0 Å². The van der Waals surface area contributed by atoms with Crippen LogP contribution in [0, 0.1) is 0 Å². The van der Waals surface area contributed by atoms with E-state index < -0.39 is 10.0 Å². The number of aromatic nitrogens is 3. The van der Waals surface area contributed by atoms with Gasteiger partial charge in [0.15, 0.2) is 0 Å². The summed E-state index contributed by atoms with van der Waals surface area (Å²) < 4.78 is 37.0. The predicted molar refractivity (Wildman–Crippen MR) is 191 cm³/mol. The van der Waals surface area contributed by atoms with Gasteiger partial charge in [-0.1, -0.05) is 54.6 Å². The van der Waals surface area contributed by atoms with E-state index in [1.54, 1.807) is 35.0 Å². The fourth-order valence-electron chi connectivity index (χ4n) is 6.45. The third-order valence-corrected chi connectivity index (χ3v) is 11.1. The molecular formula is C34H48Cl2N8O4S. The molecule has 2 amide bonds. The average Bonchev–Trinajstić information content (AvgIpc) is 3.68. The molecule has 0 unspecified atom stereocenters. The second-order valence-electron chi connectivity index (χ2n) is 12.9. The Morgan fingerprint density at radius 1 is 1.06 bits per heavy atom. The molecule has 2 heterocycles. The molecule has 0 radical (unpaired) electrons. The van der Waals surface area contributed by atoms with E-state index in [1.807, 2.05) is 12.3 Å². The number of unbranched alkanes of at least 4 members (excludes halogenated alkanes) is 4. The summed E-state index contributed by atoms with van der Waals surface area (Å²) in [6, 6.07) is 10.2. The molecule has 12 nitrogen and oxygen atoms in total. The lowest BCUT2D eigenvalue weighted by atomic mass is 10.0. The lowest BCUT2D eigenvalue weighted by Crippen LogP contribution is -2.49. The van der Waals surface area contributed by atoms with Crippen molar-refractivity contribution in [2.45, 2.75) is 101 Å². The van der Waals surface area contributed by atoms with Crippen LogP contribution in [0.25, 0.3) is 0 Å². The minimum Gasteiger partial charge on any atom is -0.484 e. The number of fused-ring (bicyclic) bond motifs is 1. The standard InChI is InChI=1S/C34H48Cl2N8O4S/c1-2-3-14-38-34(45)39-21-26-23-44(42-41-26)17-7-5-4-6-15-40-49(46,47)28-12-10-27(11-13-28)48-33-30-18-24(35)19-31(36)29(30)20-32(33)43-16-8-9-25(37)22-43/h10-13,18-19,23,25,32-33,40H,2-9,14-17,20-22,37H2,1H3,(H2,38,39,45)/t25-,32+,33+/m1/s1. The van der Waals surface area contributed by atoms with Gasteiger partial charge < -0.3 is 21.1 Å². The Morgan fingerprint density at radius 2 is 1.86 bits per heavy atom. The molecule has 1 aromatic heterocycles. The highest BCUT2D eigenvalue weighted by Gasteiger charge is 2.40. The maximum atomic E-state index is 13.0. The summed E-state index contributed by atoms with van der Waals surface area (Å²) >= 11 is 13.0. The molecule has 1 saturated heterocycles. The van der Waals surface area contributed by atoms with E-state index in [1.165, 1.54) is 0 Å². The Labute approximate surface area is 299 Å². The topological polar surface area (TPSA) is 156 Å². The number of amides is 2. The number of benzene rings is 2. The third kappa shape index (κ3) is 10.5. The maximum Gasteiger partial charge on any atom is 0.315 e. The zero-order valence-corrected chi connectivity index (χ0v) is 30.4. The average molecular weight is 736 g/mol. The van der Waals surface area contributed by atoms with Crippen molar-refractivity contribution in [2.75, 3.05) is 26.2 Å². The fourth-order valence-corrected chi connectivity index (χ4v) is 8.11. The number of likely N-dealkylation sites (tertiary alicyclic amines) is 1. The predicted octanol–water partition coefficient (Wildman–Crippen LogP) is 5.19.